The molecular formula is C50H67ClF6N6O14S. The number of nitro benzene ring substituents is 2. The molecule has 2 aliphatic heterocycles. The van der Waals surface area contributed by atoms with E-state index in [1.54, 1.807) is 69.2 Å². The Bertz CT molecular complexity index is 2510. The van der Waals surface area contributed by atoms with Crippen LogP contribution >= 0.6 is 23.4 Å². The standard InChI is InChI=1S/C27H40F3N3O5S.C21H27ClF3N3O5.2CO2/c1-9-26(8,10-2)39-22-15-20(27(28,29)30)19(14-21(22)33(36)37)23(34)32(17(3)4)18-12-11-13-31(16-18)24(35)38-25(5,6)7;1-12(2)27(13-7-6-8-26(11-13)19(30)33-20(3,4)5)18(29)14-9-17(28(31)32)16(22)10-15(14)21(23,24)25;2*2-1-3/h14-15,17-18H,9-13,16H2,1-8H3;9-10,12-13H,6-8,11H2,1-5H3;;/t18-;13-;;/m11../s1. The average Bonchev–Trinajstić information content (AvgIpc) is 3.30. The number of rotatable bonds is 12. The average molecular weight is 1160 g/mol. The van der Waals surface area contributed by atoms with Crippen LogP contribution in [0.3, 0.4) is 0 Å². The molecule has 0 radical (unpaired) electrons. The summed E-state index contributed by atoms with van der Waals surface area (Å²) >= 11 is 6.70. The first-order chi connectivity index (χ1) is 35.7. The van der Waals surface area contributed by atoms with Crippen molar-refractivity contribution in [2.24, 2.45) is 0 Å². The predicted molar refractivity (Wildman–Crippen MR) is 270 cm³/mol. The van der Waals surface area contributed by atoms with Crippen LogP contribution in [0, 0.1) is 20.2 Å². The van der Waals surface area contributed by atoms with Crippen molar-refractivity contribution in [2.75, 3.05) is 26.2 Å². The SMILES string of the molecule is CC(C)N(C(=O)c1cc([N+](=O)[O-])c(Cl)cc1C(F)(F)F)[C@@H]1CCCN(C(=O)OC(C)(C)C)C1.CCC(C)(CC)Sc1cc(C(F)(F)F)c(C(=O)N(C(C)C)[C@@H]2CCCN(C(=O)OC(C)(C)C)C2)cc1[N+](=O)[O-].O=C=O.O=C=O. The number of piperidine rings is 2. The van der Waals surface area contributed by atoms with Crippen molar-refractivity contribution >= 4 is 71.0 Å². The van der Waals surface area contributed by atoms with Crippen molar-refractivity contribution in [1.29, 1.82) is 0 Å². The lowest BCUT2D eigenvalue weighted by atomic mass is 9.99. The number of likely N-dealkylation sites (tertiary alicyclic amines) is 2. The molecule has 0 bridgehead atoms. The zero-order valence-electron chi connectivity index (χ0n) is 45.6. The van der Waals surface area contributed by atoms with Gasteiger partial charge in [0.1, 0.15) is 16.2 Å². The van der Waals surface area contributed by atoms with Crippen molar-refractivity contribution in [3.8, 4) is 0 Å². The highest BCUT2D eigenvalue weighted by Crippen LogP contribution is 2.46. The van der Waals surface area contributed by atoms with Gasteiger partial charge >= 0.3 is 36.8 Å². The van der Waals surface area contributed by atoms with Crippen molar-refractivity contribution in [3.63, 3.8) is 0 Å². The highest BCUT2D eigenvalue weighted by molar-refractivity contribution is 8.00. The maximum atomic E-state index is 14.3. The molecule has 0 spiro atoms. The van der Waals surface area contributed by atoms with Crippen LogP contribution in [0.2, 0.25) is 5.02 Å². The molecule has 2 aliphatic rings. The summed E-state index contributed by atoms with van der Waals surface area (Å²) in [5.74, 6) is -1.98. The number of thioether (sulfide) groups is 1. The quantitative estimate of drug-likeness (QED) is 0.0829. The van der Waals surface area contributed by atoms with Gasteiger partial charge in [-0.1, -0.05) is 32.4 Å². The second kappa shape index (κ2) is 29.1. The largest absolute Gasteiger partial charge is 0.444 e. The molecule has 0 aliphatic carbocycles. The smallest absolute Gasteiger partial charge is 0.417 e. The van der Waals surface area contributed by atoms with E-state index in [0.29, 0.717) is 63.7 Å². The Kier molecular flexibility index (Phi) is 26.0. The summed E-state index contributed by atoms with van der Waals surface area (Å²) in [6.07, 6.45) is -7.40. The molecule has 20 nitrogen and oxygen atoms in total. The highest BCUT2D eigenvalue weighted by Gasteiger charge is 2.44. The summed E-state index contributed by atoms with van der Waals surface area (Å²) < 4.78 is 94.4. The predicted octanol–water partition coefficient (Wildman–Crippen LogP) is 11.9. The molecule has 4 rings (SSSR count). The lowest BCUT2D eigenvalue weighted by Crippen LogP contribution is -2.54. The normalized spacial score (nSPS) is 15.9. The van der Waals surface area contributed by atoms with Crippen LogP contribution in [0.5, 0.6) is 0 Å². The molecular weight excluding hydrogens is 1090 g/mol. The lowest BCUT2D eigenvalue weighted by Gasteiger charge is -2.41. The van der Waals surface area contributed by atoms with Crippen molar-refractivity contribution in [2.45, 2.75) is 186 Å². The van der Waals surface area contributed by atoms with E-state index in [2.05, 4.69) is 0 Å². The van der Waals surface area contributed by atoms with Gasteiger partial charge in [0.2, 0.25) is 0 Å². The van der Waals surface area contributed by atoms with Crippen LogP contribution in [0.25, 0.3) is 0 Å². The minimum atomic E-state index is -4.96. The van der Waals surface area contributed by atoms with Gasteiger partial charge in [-0.05, 0) is 120 Å². The summed E-state index contributed by atoms with van der Waals surface area (Å²) in [4.78, 5) is 112. The number of ether oxygens (including phenoxy) is 2. The van der Waals surface area contributed by atoms with Gasteiger partial charge in [0.25, 0.3) is 23.2 Å². The first-order valence-electron chi connectivity index (χ1n) is 24.4. The number of hydrogen-bond acceptors (Lipinski definition) is 15. The van der Waals surface area contributed by atoms with Crippen LogP contribution in [-0.4, -0.2) is 132 Å². The molecule has 4 amide bonds. The number of hydrogen-bond donors (Lipinski definition) is 0. The van der Waals surface area contributed by atoms with Gasteiger partial charge in [0.05, 0.1) is 49.1 Å². The maximum Gasteiger partial charge on any atom is 0.417 e. The Morgan fingerprint density at radius 3 is 1.29 bits per heavy atom. The molecule has 2 fully saturated rings. The minimum Gasteiger partial charge on any atom is -0.444 e. The fourth-order valence-electron chi connectivity index (χ4n) is 8.25. The van der Waals surface area contributed by atoms with Crippen LogP contribution in [0.15, 0.2) is 29.2 Å². The molecule has 0 aromatic heterocycles. The van der Waals surface area contributed by atoms with E-state index in [9.17, 15) is 65.7 Å². The van der Waals surface area contributed by atoms with Crippen molar-refractivity contribution < 1.29 is 84.0 Å². The molecule has 0 saturated carbocycles. The van der Waals surface area contributed by atoms with Crippen molar-refractivity contribution in [3.05, 3.63) is 71.8 Å². The van der Waals surface area contributed by atoms with Gasteiger partial charge < -0.3 is 29.1 Å². The zero-order chi connectivity index (χ0) is 60.6. The van der Waals surface area contributed by atoms with E-state index in [-0.39, 0.29) is 30.3 Å². The van der Waals surface area contributed by atoms with E-state index in [1.807, 2.05) is 20.8 Å². The third-order valence-electron chi connectivity index (χ3n) is 12.0. The first-order valence-corrected chi connectivity index (χ1v) is 25.6. The number of halogens is 7. The van der Waals surface area contributed by atoms with Gasteiger partial charge in [0, 0.05) is 55.1 Å². The Morgan fingerprint density at radius 1 is 0.667 bits per heavy atom. The molecule has 78 heavy (non-hydrogen) atoms. The third-order valence-corrected chi connectivity index (χ3v) is 13.9. The Hall–Kier alpha value is -6.30. The molecule has 2 aromatic carbocycles. The van der Waals surface area contributed by atoms with Gasteiger partial charge in [-0.15, -0.1) is 11.8 Å². The second-order valence-corrected chi connectivity index (χ2v) is 22.7. The van der Waals surface area contributed by atoms with Crippen LogP contribution < -0.4 is 0 Å². The van der Waals surface area contributed by atoms with Gasteiger partial charge in [-0.2, -0.15) is 45.5 Å². The van der Waals surface area contributed by atoms with Gasteiger partial charge in [-0.3, -0.25) is 29.8 Å². The highest BCUT2D eigenvalue weighted by atomic mass is 35.5. The van der Waals surface area contributed by atoms with E-state index >= 15 is 0 Å². The Labute approximate surface area is 457 Å². The third kappa shape index (κ3) is 20.5. The molecule has 2 heterocycles. The lowest BCUT2D eigenvalue weighted by molar-refractivity contribution is -0.387. The van der Waals surface area contributed by atoms with Crippen LogP contribution in [-0.2, 0) is 41.0 Å². The zero-order valence-corrected chi connectivity index (χ0v) is 47.2. The number of nitro groups is 2. The van der Waals surface area contributed by atoms with Crippen LogP contribution in [0.4, 0.5) is 47.3 Å². The number of nitrogens with zero attached hydrogens (tertiary/aromatic N) is 6. The molecule has 0 N–H and O–H groups in total. The number of amides is 4. The summed E-state index contributed by atoms with van der Waals surface area (Å²) in [5.41, 5.74) is -6.99. The number of alkyl halides is 6. The van der Waals surface area contributed by atoms with E-state index < -0.39 is 125 Å². The monoisotopic (exact) mass is 1160 g/mol. The molecule has 436 valence electrons. The molecule has 2 saturated heterocycles. The molecule has 2 atom stereocenters. The Balaban J connectivity index is 0.000000715. The van der Waals surface area contributed by atoms with Gasteiger partial charge in [0.15, 0.2) is 0 Å². The summed E-state index contributed by atoms with van der Waals surface area (Å²) in [5, 5.41) is 22.5. The topological polar surface area (TPSA) is 254 Å². The fourth-order valence-corrected chi connectivity index (χ4v) is 9.71. The second-order valence-electron chi connectivity index (χ2n) is 20.7. The number of benzene rings is 2. The molecule has 28 heteroatoms. The fraction of sp³-hybridized carbons (Fsp3) is 0.640. The minimum absolute atomic E-state index is 0.0653. The maximum absolute atomic E-state index is 14.3. The molecule has 2 aromatic rings. The van der Waals surface area contributed by atoms with Gasteiger partial charge in [-0.25, -0.2) is 9.59 Å². The Morgan fingerprint density at radius 2 is 1.00 bits per heavy atom. The first kappa shape index (κ1) is 69.7. The van der Waals surface area contributed by atoms with E-state index in [4.69, 9.17) is 40.3 Å². The summed E-state index contributed by atoms with van der Waals surface area (Å²) in [6.45, 7) is 23.4. The van der Waals surface area contributed by atoms with E-state index in [1.165, 1.54) is 19.6 Å². The summed E-state index contributed by atoms with van der Waals surface area (Å²) in [7, 11) is 0. The molecule has 0 unspecified atom stereocenters. The number of carbonyl (C=O) groups excluding carboxylic acids is 8. The van der Waals surface area contributed by atoms with Crippen LogP contribution in [0.1, 0.15) is 160 Å². The van der Waals surface area contributed by atoms with Crippen molar-refractivity contribution in [1.82, 2.24) is 19.6 Å². The van der Waals surface area contributed by atoms with E-state index in [0.717, 1.165) is 23.9 Å². The number of carbonyl (C=O) groups is 4. The summed E-state index contributed by atoms with van der Waals surface area (Å²) in [6, 6.07) is 0.216.